The highest BCUT2D eigenvalue weighted by molar-refractivity contribution is 6.04. The molecule has 1 saturated carbocycles. The molecule has 4 nitrogen and oxygen atoms in total. The quantitative estimate of drug-likeness (QED) is 0.359. The summed E-state index contributed by atoms with van der Waals surface area (Å²) in [5.41, 5.74) is 5.52. The van der Waals surface area contributed by atoms with Crippen molar-refractivity contribution in [1.82, 2.24) is 0 Å². The smallest absolute Gasteiger partial charge is 0.340 e. The van der Waals surface area contributed by atoms with Gasteiger partial charge in [0.15, 0.2) is 0 Å². The lowest BCUT2D eigenvalue weighted by Gasteiger charge is -2.19. The van der Waals surface area contributed by atoms with Crippen molar-refractivity contribution < 1.29 is 19.1 Å². The molecule has 0 saturated heterocycles. The molecule has 0 aromatic heterocycles. The van der Waals surface area contributed by atoms with E-state index in [1.165, 1.54) is 11.1 Å². The minimum atomic E-state index is -0.398. The fraction of sp³-hybridized carbons (Fsp3) is 0.448. The first-order valence-electron chi connectivity index (χ1n) is 12.4. The molecule has 0 amide bonds. The molecule has 4 heteroatoms. The molecule has 0 aliphatic heterocycles. The zero-order valence-corrected chi connectivity index (χ0v) is 20.2. The number of fused-ring (bicyclic) bond motifs is 2. The molecule has 2 aliphatic rings. The van der Waals surface area contributed by atoms with E-state index < -0.39 is 11.9 Å². The Morgan fingerprint density at radius 2 is 1.12 bits per heavy atom. The van der Waals surface area contributed by atoms with Crippen LogP contribution in [0.15, 0.2) is 47.5 Å². The van der Waals surface area contributed by atoms with Gasteiger partial charge in [0, 0.05) is 0 Å². The molecule has 2 aliphatic carbocycles. The van der Waals surface area contributed by atoms with Crippen molar-refractivity contribution in [2.24, 2.45) is 11.8 Å². The van der Waals surface area contributed by atoms with E-state index in [0.717, 1.165) is 56.1 Å². The molecule has 2 atom stereocenters. The van der Waals surface area contributed by atoms with Gasteiger partial charge in [-0.05, 0) is 91.2 Å². The average molecular weight is 447 g/mol. The number of carbonyl (C=O) groups excluding carboxylic acids is 2. The number of carbonyl (C=O) groups is 2. The fourth-order valence-electron chi connectivity index (χ4n) is 5.27. The number of aryl methyl sites for hydroxylation is 4. The van der Waals surface area contributed by atoms with Crippen LogP contribution >= 0.6 is 0 Å². The molecule has 4 rings (SSSR count). The number of benzene rings is 2. The molecule has 0 spiro atoms. The van der Waals surface area contributed by atoms with Gasteiger partial charge in [-0.1, -0.05) is 52.0 Å². The van der Waals surface area contributed by atoms with E-state index in [0.29, 0.717) is 22.6 Å². The van der Waals surface area contributed by atoms with Crippen LogP contribution in [-0.4, -0.2) is 11.9 Å². The van der Waals surface area contributed by atoms with Gasteiger partial charge in [-0.15, -0.1) is 0 Å². The molecule has 2 unspecified atom stereocenters. The second-order valence-electron chi connectivity index (χ2n) is 9.11. The van der Waals surface area contributed by atoms with Gasteiger partial charge in [-0.3, -0.25) is 0 Å². The largest absolute Gasteiger partial charge is 0.423 e. The summed E-state index contributed by atoms with van der Waals surface area (Å²) < 4.78 is 11.7. The first-order chi connectivity index (χ1) is 16.0. The topological polar surface area (TPSA) is 52.6 Å². The maximum absolute atomic E-state index is 13.3. The van der Waals surface area contributed by atoms with Gasteiger partial charge in [-0.2, -0.15) is 0 Å². The third-order valence-corrected chi connectivity index (χ3v) is 7.21. The molecule has 0 radical (unpaired) electrons. The monoisotopic (exact) mass is 446 g/mol. The number of rotatable bonds is 8. The summed E-state index contributed by atoms with van der Waals surface area (Å²) in [4.78, 5) is 26.6. The van der Waals surface area contributed by atoms with Crippen LogP contribution in [-0.2, 0) is 35.3 Å². The second-order valence-corrected chi connectivity index (χ2v) is 9.11. The van der Waals surface area contributed by atoms with Crippen LogP contribution in [0.4, 0.5) is 0 Å². The molecule has 2 aromatic rings. The van der Waals surface area contributed by atoms with Crippen molar-refractivity contribution in [2.75, 3.05) is 0 Å². The van der Waals surface area contributed by atoms with E-state index >= 15 is 0 Å². The summed E-state index contributed by atoms with van der Waals surface area (Å²) in [5, 5.41) is 0. The van der Waals surface area contributed by atoms with E-state index in [-0.39, 0.29) is 11.8 Å². The molecule has 1 fully saturated rings. The summed E-state index contributed by atoms with van der Waals surface area (Å²) in [6, 6.07) is 11.9. The SMILES string of the molecule is CCc1ccc(OC(=O)C2=C(C(=O)Oc3ccc(CC)cc3CC)C3CCC2C3)c(CC)c1. The molecule has 0 N–H and O–H groups in total. The van der Waals surface area contributed by atoms with Crippen LogP contribution in [0.5, 0.6) is 11.5 Å². The Morgan fingerprint density at radius 1 is 0.697 bits per heavy atom. The normalized spacial score (nSPS) is 19.2. The minimum absolute atomic E-state index is 0.0816. The predicted molar refractivity (Wildman–Crippen MR) is 130 cm³/mol. The van der Waals surface area contributed by atoms with Crippen LogP contribution in [0.25, 0.3) is 0 Å². The molecule has 174 valence electrons. The van der Waals surface area contributed by atoms with E-state index in [4.69, 9.17) is 9.47 Å². The second kappa shape index (κ2) is 9.94. The highest BCUT2D eigenvalue weighted by atomic mass is 16.5. The van der Waals surface area contributed by atoms with Gasteiger partial charge < -0.3 is 9.47 Å². The van der Waals surface area contributed by atoms with Gasteiger partial charge >= 0.3 is 11.9 Å². The van der Waals surface area contributed by atoms with Gasteiger partial charge in [-0.25, -0.2) is 9.59 Å². The number of ether oxygens (including phenoxy) is 2. The Balaban J connectivity index is 1.61. The Hall–Kier alpha value is -2.88. The first kappa shape index (κ1) is 23.3. The Kier molecular flexibility index (Phi) is 7.02. The van der Waals surface area contributed by atoms with Crippen LogP contribution in [0.2, 0.25) is 0 Å². The van der Waals surface area contributed by atoms with E-state index in [1.807, 2.05) is 24.3 Å². The van der Waals surface area contributed by atoms with Crippen molar-refractivity contribution in [2.45, 2.75) is 72.6 Å². The molecule has 0 heterocycles. The summed E-state index contributed by atoms with van der Waals surface area (Å²) in [5.74, 6) is 0.545. The molecule has 2 aromatic carbocycles. The van der Waals surface area contributed by atoms with Crippen molar-refractivity contribution in [1.29, 1.82) is 0 Å². The lowest BCUT2D eigenvalue weighted by Crippen LogP contribution is -2.24. The van der Waals surface area contributed by atoms with Crippen molar-refractivity contribution in [3.8, 4) is 11.5 Å². The standard InChI is InChI=1S/C29H34O4/c1-5-18-9-13-24(20(7-3)15-18)32-28(30)26-22-11-12-23(17-22)27(26)29(31)33-25-14-10-19(6-2)16-21(25)8-4/h9-10,13-16,22-23H,5-8,11-12,17H2,1-4H3. The highest BCUT2D eigenvalue weighted by Gasteiger charge is 2.46. The number of hydrogen-bond donors (Lipinski definition) is 0. The van der Waals surface area contributed by atoms with Gasteiger partial charge in [0.05, 0.1) is 11.1 Å². The van der Waals surface area contributed by atoms with Crippen molar-refractivity contribution >= 4 is 11.9 Å². The Morgan fingerprint density at radius 3 is 1.48 bits per heavy atom. The van der Waals surface area contributed by atoms with Crippen LogP contribution in [0, 0.1) is 11.8 Å². The van der Waals surface area contributed by atoms with Crippen molar-refractivity contribution in [3.63, 3.8) is 0 Å². The van der Waals surface area contributed by atoms with Gasteiger partial charge in [0.2, 0.25) is 0 Å². The van der Waals surface area contributed by atoms with E-state index in [1.54, 1.807) is 0 Å². The maximum Gasteiger partial charge on any atom is 0.340 e. The van der Waals surface area contributed by atoms with E-state index in [2.05, 4.69) is 39.8 Å². The van der Waals surface area contributed by atoms with Crippen LogP contribution in [0.1, 0.15) is 69.2 Å². The predicted octanol–water partition coefficient (Wildman–Crippen LogP) is 6.17. The maximum atomic E-state index is 13.3. The minimum Gasteiger partial charge on any atom is -0.423 e. The number of hydrogen-bond acceptors (Lipinski definition) is 4. The average Bonchev–Trinajstić information content (AvgIpc) is 3.46. The first-order valence-corrected chi connectivity index (χ1v) is 12.4. The van der Waals surface area contributed by atoms with Crippen LogP contribution in [0.3, 0.4) is 0 Å². The highest BCUT2D eigenvalue weighted by Crippen LogP contribution is 2.49. The van der Waals surface area contributed by atoms with Gasteiger partial charge in [0.25, 0.3) is 0 Å². The van der Waals surface area contributed by atoms with Crippen molar-refractivity contribution in [3.05, 3.63) is 69.8 Å². The summed E-state index contributed by atoms with van der Waals surface area (Å²) >= 11 is 0. The fourth-order valence-corrected chi connectivity index (χ4v) is 5.27. The summed E-state index contributed by atoms with van der Waals surface area (Å²) in [6.45, 7) is 8.33. The third-order valence-electron chi connectivity index (χ3n) is 7.21. The Bertz CT molecular complexity index is 1010. The molecular weight excluding hydrogens is 412 g/mol. The lowest BCUT2D eigenvalue weighted by atomic mass is 9.91. The number of esters is 2. The zero-order chi connectivity index (χ0) is 23.5. The Labute approximate surface area is 197 Å². The summed E-state index contributed by atoms with van der Waals surface area (Å²) in [6.07, 6.45) is 6.11. The molecule has 2 bridgehead atoms. The molecular formula is C29H34O4. The van der Waals surface area contributed by atoms with Gasteiger partial charge in [0.1, 0.15) is 11.5 Å². The molecule has 33 heavy (non-hydrogen) atoms. The van der Waals surface area contributed by atoms with E-state index in [9.17, 15) is 9.59 Å². The summed E-state index contributed by atoms with van der Waals surface area (Å²) in [7, 11) is 0. The lowest BCUT2D eigenvalue weighted by molar-refractivity contribution is -0.133. The zero-order valence-electron chi connectivity index (χ0n) is 20.2. The third kappa shape index (κ3) is 4.62. The van der Waals surface area contributed by atoms with Crippen LogP contribution < -0.4 is 9.47 Å².